The Hall–Kier alpha value is -2.94. The van der Waals surface area contributed by atoms with Crippen LogP contribution in [0, 0.1) is 6.92 Å². The summed E-state index contributed by atoms with van der Waals surface area (Å²) in [5.74, 6) is 0.825. The van der Waals surface area contributed by atoms with Gasteiger partial charge in [-0.2, -0.15) is 0 Å². The highest BCUT2D eigenvalue weighted by Gasteiger charge is 2.25. The van der Waals surface area contributed by atoms with Crippen molar-refractivity contribution in [2.75, 3.05) is 6.54 Å². The van der Waals surface area contributed by atoms with E-state index in [1.165, 1.54) is 32.7 Å². The number of fused-ring (bicyclic) bond motifs is 1. The van der Waals surface area contributed by atoms with Gasteiger partial charge in [0.25, 0.3) is 5.56 Å². The average molecular weight is 511 g/mol. The third kappa shape index (κ3) is 4.66. The zero-order valence-electron chi connectivity index (χ0n) is 19.9. The van der Waals surface area contributed by atoms with Crippen molar-refractivity contribution in [1.82, 2.24) is 19.4 Å². The van der Waals surface area contributed by atoms with Crippen molar-refractivity contribution in [3.8, 4) is 16.9 Å². The lowest BCUT2D eigenvalue weighted by atomic mass is 10.00. The number of nitrogens with one attached hydrogen (secondary N) is 1. The monoisotopic (exact) mass is 510 g/mol. The van der Waals surface area contributed by atoms with Gasteiger partial charge >= 0.3 is 5.69 Å². The lowest BCUT2D eigenvalue weighted by Crippen LogP contribution is -2.45. The second-order valence-corrected chi connectivity index (χ2v) is 10.6. The molecule has 0 amide bonds. The quantitative estimate of drug-likeness (QED) is 0.432. The van der Waals surface area contributed by atoms with Crippen LogP contribution in [0.5, 0.6) is 5.75 Å². The zero-order chi connectivity index (χ0) is 24.7. The molecule has 2 atom stereocenters. The fraction of sp³-hybridized carbons (Fsp3) is 0.346. The Labute approximate surface area is 212 Å². The minimum Gasteiger partial charge on any atom is -0.488 e. The van der Waals surface area contributed by atoms with Crippen LogP contribution in [0.15, 0.2) is 52.3 Å². The van der Waals surface area contributed by atoms with E-state index in [1.54, 1.807) is 13.2 Å². The van der Waals surface area contributed by atoms with E-state index < -0.39 is 0 Å². The van der Waals surface area contributed by atoms with E-state index in [2.05, 4.69) is 17.2 Å². The van der Waals surface area contributed by atoms with Gasteiger partial charge < -0.3 is 14.6 Å². The molecule has 182 valence electrons. The molecule has 4 heterocycles. The predicted molar refractivity (Wildman–Crippen MR) is 141 cm³/mol. The van der Waals surface area contributed by atoms with Crippen LogP contribution in [0.4, 0.5) is 0 Å². The molecule has 9 heteroatoms. The molecule has 1 aliphatic heterocycles. The molecule has 0 unspecified atom stereocenters. The van der Waals surface area contributed by atoms with E-state index in [-0.39, 0.29) is 29.9 Å². The summed E-state index contributed by atoms with van der Waals surface area (Å²) in [7, 11) is 1.63. The largest absolute Gasteiger partial charge is 0.488 e. The summed E-state index contributed by atoms with van der Waals surface area (Å²) in [5.41, 5.74) is 3.00. The molecular formula is C26H27ClN4O3S. The molecule has 1 fully saturated rings. The number of piperidine rings is 1. The zero-order valence-corrected chi connectivity index (χ0v) is 21.4. The fourth-order valence-electron chi connectivity index (χ4n) is 4.61. The van der Waals surface area contributed by atoms with E-state index in [0.717, 1.165) is 56.9 Å². The highest BCUT2D eigenvalue weighted by molar-refractivity contribution is 7.19. The van der Waals surface area contributed by atoms with Crippen LogP contribution >= 0.6 is 22.9 Å². The predicted octanol–water partition coefficient (Wildman–Crippen LogP) is 4.35. The number of hydrogen-bond donors (Lipinski definition) is 1. The van der Waals surface area contributed by atoms with Crippen LogP contribution in [0.2, 0.25) is 5.02 Å². The van der Waals surface area contributed by atoms with Gasteiger partial charge in [0.1, 0.15) is 11.9 Å². The summed E-state index contributed by atoms with van der Waals surface area (Å²) in [5, 5.41) is 4.14. The van der Waals surface area contributed by atoms with Gasteiger partial charge in [-0.25, -0.2) is 4.79 Å². The average Bonchev–Trinajstić information content (AvgIpc) is 3.25. The maximum Gasteiger partial charge on any atom is 0.331 e. The Morgan fingerprint density at radius 3 is 2.86 bits per heavy atom. The van der Waals surface area contributed by atoms with Gasteiger partial charge in [0.2, 0.25) is 0 Å². The van der Waals surface area contributed by atoms with Crippen molar-refractivity contribution >= 4 is 33.2 Å². The molecular weight excluding hydrogens is 484 g/mol. The van der Waals surface area contributed by atoms with Crippen molar-refractivity contribution in [1.29, 1.82) is 0 Å². The van der Waals surface area contributed by atoms with Gasteiger partial charge in [-0.3, -0.25) is 14.3 Å². The Morgan fingerprint density at radius 1 is 1.23 bits per heavy atom. The third-order valence-electron chi connectivity index (χ3n) is 6.50. The van der Waals surface area contributed by atoms with E-state index in [1.807, 2.05) is 31.2 Å². The number of aromatic nitrogens is 3. The minimum absolute atomic E-state index is 0.0692. The van der Waals surface area contributed by atoms with Gasteiger partial charge in [0.15, 0.2) is 0 Å². The summed E-state index contributed by atoms with van der Waals surface area (Å²) < 4.78 is 10.2. The molecule has 5 rings (SSSR count). The highest BCUT2D eigenvalue weighted by atomic mass is 35.5. The van der Waals surface area contributed by atoms with Crippen molar-refractivity contribution < 1.29 is 4.74 Å². The molecule has 1 N–H and O–H groups in total. The van der Waals surface area contributed by atoms with E-state index in [4.69, 9.17) is 16.3 Å². The number of aryl methyl sites for hydroxylation is 2. The maximum absolute atomic E-state index is 12.5. The summed E-state index contributed by atoms with van der Waals surface area (Å²) in [6.07, 6.45) is 5.39. The van der Waals surface area contributed by atoms with Gasteiger partial charge in [0, 0.05) is 52.6 Å². The standard InChI is InChI=1S/C26H27ClN4O3S/c1-15-11-17(27)12-20(24(15)34-22-5-4-8-28-16(22)2)19-6-9-29-21-13-18(35-25(19)21)14-31-23(32)7-10-30(3)26(31)33/h6-7,9-13,16,22,28H,4-5,8,14H2,1-3H3/t16-,22-/m1/s1. The minimum atomic E-state index is -0.348. The lowest BCUT2D eigenvalue weighted by Gasteiger charge is -2.31. The van der Waals surface area contributed by atoms with Crippen molar-refractivity contribution in [2.24, 2.45) is 7.05 Å². The molecule has 0 radical (unpaired) electrons. The maximum atomic E-state index is 12.5. The van der Waals surface area contributed by atoms with Crippen LogP contribution in [0.25, 0.3) is 21.3 Å². The van der Waals surface area contributed by atoms with Crippen LogP contribution in [-0.2, 0) is 13.6 Å². The normalized spacial score (nSPS) is 18.2. The second-order valence-electron chi connectivity index (χ2n) is 9.06. The number of thiophene rings is 1. The first kappa shape index (κ1) is 23.8. The molecule has 0 saturated carbocycles. The van der Waals surface area contributed by atoms with Crippen molar-refractivity contribution in [3.05, 3.63) is 79.0 Å². The number of benzene rings is 1. The SMILES string of the molecule is Cc1cc(Cl)cc(-c2ccnc3cc(Cn4c(=O)ccn(C)c4=O)sc23)c1O[C@@H]1CCCN[C@@H]1C. The lowest BCUT2D eigenvalue weighted by molar-refractivity contribution is 0.127. The molecule has 1 saturated heterocycles. The Bertz CT molecular complexity index is 1520. The fourth-order valence-corrected chi connectivity index (χ4v) is 6.01. The summed E-state index contributed by atoms with van der Waals surface area (Å²) in [6.45, 7) is 5.36. The number of halogens is 1. The third-order valence-corrected chi connectivity index (χ3v) is 7.87. The first-order valence-corrected chi connectivity index (χ1v) is 12.9. The molecule has 1 aliphatic rings. The van der Waals surface area contributed by atoms with E-state index in [0.29, 0.717) is 5.02 Å². The Morgan fingerprint density at radius 2 is 2.06 bits per heavy atom. The van der Waals surface area contributed by atoms with Crippen LogP contribution in [0.1, 0.15) is 30.2 Å². The number of ether oxygens (including phenoxy) is 1. The van der Waals surface area contributed by atoms with Crippen molar-refractivity contribution in [2.45, 2.75) is 45.4 Å². The summed E-state index contributed by atoms with van der Waals surface area (Å²) in [6, 6.07) is 9.43. The molecule has 1 aromatic carbocycles. The molecule has 35 heavy (non-hydrogen) atoms. The van der Waals surface area contributed by atoms with Crippen LogP contribution < -0.4 is 21.3 Å². The molecule has 0 bridgehead atoms. The molecule has 4 aromatic rings. The van der Waals surface area contributed by atoms with Gasteiger partial charge in [-0.1, -0.05) is 11.6 Å². The van der Waals surface area contributed by atoms with Gasteiger partial charge in [0.05, 0.1) is 16.8 Å². The van der Waals surface area contributed by atoms with E-state index >= 15 is 0 Å². The number of nitrogens with zero attached hydrogens (tertiary/aromatic N) is 3. The summed E-state index contributed by atoms with van der Waals surface area (Å²) in [4.78, 5) is 30.3. The molecule has 3 aromatic heterocycles. The Kier molecular flexibility index (Phi) is 6.53. The Balaban J connectivity index is 1.59. The molecule has 7 nitrogen and oxygen atoms in total. The smallest absolute Gasteiger partial charge is 0.331 e. The number of rotatable bonds is 5. The molecule has 0 aliphatic carbocycles. The van der Waals surface area contributed by atoms with Crippen molar-refractivity contribution in [3.63, 3.8) is 0 Å². The first-order chi connectivity index (χ1) is 16.8. The summed E-state index contributed by atoms with van der Waals surface area (Å²) >= 11 is 8.02. The van der Waals surface area contributed by atoms with Crippen LogP contribution in [0.3, 0.4) is 0 Å². The van der Waals surface area contributed by atoms with Crippen LogP contribution in [-0.4, -0.2) is 32.8 Å². The van der Waals surface area contributed by atoms with Gasteiger partial charge in [-0.05, 0) is 63.1 Å². The van der Waals surface area contributed by atoms with E-state index in [9.17, 15) is 9.59 Å². The van der Waals surface area contributed by atoms with Gasteiger partial charge in [-0.15, -0.1) is 11.3 Å². The highest BCUT2D eigenvalue weighted by Crippen LogP contribution is 2.42. The second kappa shape index (κ2) is 9.60. The first-order valence-electron chi connectivity index (χ1n) is 11.7. The molecule has 0 spiro atoms. The number of pyridine rings is 1. The topological polar surface area (TPSA) is 78.2 Å². The number of hydrogen-bond acceptors (Lipinski definition) is 6.